The zero-order valence-corrected chi connectivity index (χ0v) is 16.1. The molecule has 0 bridgehead atoms. The first-order chi connectivity index (χ1) is 14.0. The van der Waals surface area contributed by atoms with E-state index in [1.807, 2.05) is 25.1 Å². The van der Waals surface area contributed by atoms with Crippen molar-refractivity contribution >= 4 is 17.6 Å². The minimum absolute atomic E-state index is 0.0548. The Labute approximate surface area is 166 Å². The summed E-state index contributed by atoms with van der Waals surface area (Å²) in [6.07, 6.45) is -1.89. The molecule has 10 heteroatoms. The number of fused-ring (bicyclic) bond motifs is 3. The van der Waals surface area contributed by atoms with Gasteiger partial charge in [0.25, 0.3) is 6.43 Å². The topological polar surface area (TPSA) is 77.9 Å². The van der Waals surface area contributed by atoms with E-state index >= 15 is 0 Å². The summed E-state index contributed by atoms with van der Waals surface area (Å²) in [5.74, 6) is 1.33. The number of alkyl halides is 2. The van der Waals surface area contributed by atoms with Crippen molar-refractivity contribution in [2.24, 2.45) is 0 Å². The number of ether oxygens (including phenoxy) is 3. The molecule has 2 aliphatic heterocycles. The highest BCUT2D eigenvalue weighted by atomic mass is 19.3. The van der Waals surface area contributed by atoms with Crippen LogP contribution in [0.2, 0.25) is 0 Å². The zero-order chi connectivity index (χ0) is 20.5. The number of anilines is 2. The number of methoxy groups -OCH3 is 1. The molecule has 2 atom stereocenters. The molecule has 2 aliphatic rings. The van der Waals surface area contributed by atoms with Gasteiger partial charge >= 0.3 is 6.09 Å². The number of aromatic nitrogens is 2. The molecule has 3 heterocycles. The van der Waals surface area contributed by atoms with Crippen molar-refractivity contribution in [2.45, 2.75) is 32.0 Å². The molecular formula is C19H22F2N4O4. The van der Waals surface area contributed by atoms with Crippen molar-refractivity contribution < 1.29 is 27.8 Å². The van der Waals surface area contributed by atoms with Crippen LogP contribution in [0.4, 0.5) is 25.1 Å². The Morgan fingerprint density at radius 3 is 2.97 bits per heavy atom. The first-order valence-corrected chi connectivity index (χ1v) is 9.33. The van der Waals surface area contributed by atoms with Gasteiger partial charge in [0.05, 0.1) is 18.2 Å². The molecular weight excluding hydrogens is 386 g/mol. The molecule has 1 aromatic carbocycles. The van der Waals surface area contributed by atoms with Crippen molar-refractivity contribution in [1.82, 2.24) is 9.55 Å². The molecule has 0 aliphatic carbocycles. The number of benzene rings is 1. The number of nitrogens with one attached hydrogen (secondary N) is 1. The average molecular weight is 408 g/mol. The Balaban J connectivity index is 1.64. The van der Waals surface area contributed by atoms with Crippen LogP contribution in [-0.2, 0) is 16.0 Å². The summed E-state index contributed by atoms with van der Waals surface area (Å²) in [5.41, 5.74) is 1.59. The van der Waals surface area contributed by atoms with Gasteiger partial charge in [-0.3, -0.25) is 0 Å². The minimum atomic E-state index is -2.72. The highest BCUT2D eigenvalue weighted by Gasteiger charge is 2.42. The lowest BCUT2D eigenvalue weighted by atomic mass is 10.1. The number of hydrogen-bond donors (Lipinski definition) is 1. The van der Waals surface area contributed by atoms with Gasteiger partial charge in [-0.1, -0.05) is 0 Å². The molecule has 0 saturated carbocycles. The largest absolute Gasteiger partial charge is 0.491 e. The smallest absolute Gasteiger partial charge is 0.416 e. The quantitative estimate of drug-likeness (QED) is 0.792. The van der Waals surface area contributed by atoms with Crippen molar-refractivity contribution in [3.63, 3.8) is 0 Å². The van der Waals surface area contributed by atoms with Gasteiger partial charge in [0.1, 0.15) is 30.8 Å². The third-order valence-electron chi connectivity index (χ3n) is 5.02. The average Bonchev–Trinajstić information content (AvgIpc) is 3.25. The fraction of sp³-hybridized carbons (Fsp3) is 0.474. The van der Waals surface area contributed by atoms with Crippen LogP contribution in [0, 0.1) is 0 Å². The van der Waals surface area contributed by atoms with Gasteiger partial charge in [-0.2, -0.15) is 0 Å². The Bertz CT molecular complexity index is 904. The maximum Gasteiger partial charge on any atom is 0.416 e. The van der Waals surface area contributed by atoms with Crippen LogP contribution in [0.3, 0.4) is 0 Å². The second-order valence-corrected chi connectivity index (χ2v) is 6.95. The number of nitrogens with zero attached hydrogens (tertiary/aromatic N) is 3. The van der Waals surface area contributed by atoms with Gasteiger partial charge in [-0.25, -0.2) is 23.5 Å². The number of hydrogen-bond acceptors (Lipinski definition) is 6. The normalized spacial score (nSPS) is 19.3. The molecule has 1 amide bonds. The summed E-state index contributed by atoms with van der Waals surface area (Å²) in [6, 6.07) is 4.27. The van der Waals surface area contributed by atoms with E-state index in [0.717, 1.165) is 16.2 Å². The maximum atomic E-state index is 13.3. The Hall–Kier alpha value is -2.88. The van der Waals surface area contributed by atoms with Crippen molar-refractivity contribution in [2.75, 3.05) is 37.1 Å². The number of carbonyl (C=O) groups excluding carboxylic acids is 1. The summed E-state index contributed by atoms with van der Waals surface area (Å²) in [4.78, 5) is 17.4. The van der Waals surface area contributed by atoms with E-state index in [0.29, 0.717) is 31.3 Å². The van der Waals surface area contributed by atoms with E-state index in [-0.39, 0.29) is 18.5 Å². The summed E-state index contributed by atoms with van der Waals surface area (Å²) in [5, 5.41) is 3.28. The number of cyclic esters (lactones) is 1. The van der Waals surface area contributed by atoms with E-state index in [4.69, 9.17) is 14.2 Å². The first kappa shape index (κ1) is 19.4. The van der Waals surface area contributed by atoms with Crippen molar-refractivity contribution in [1.29, 1.82) is 0 Å². The molecule has 0 radical (unpaired) electrons. The first-order valence-electron chi connectivity index (χ1n) is 9.33. The number of imidazole rings is 1. The van der Waals surface area contributed by atoms with E-state index in [1.54, 1.807) is 17.9 Å². The molecule has 1 aromatic heterocycles. The number of amides is 1. The fourth-order valence-corrected chi connectivity index (χ4v) is 3.32. The lowest BCUT2D eigenvalue weighted by Crippen LogP contribution is -2.38. The molecule has 2 unspecified atom stereocenters. The predicted molar refractivity (Wildman–Crippen MR) is 102 cm³/mol. The standard InChI is InChI=1S/C19H22F2N4O4/c1-11(27-2)8-22-12-3-4-13-15(7-12)28-6-5-24-9-16(23-18(13)24)25-14(17(20)21)10-29-19(25)26/h3-4,7,9,11,14,17,22H,5-6,8,10H2,1-2H3. The minimum Gasteiger partial charge on any atom is -0.491 e. The second-order valence-electron chi connectivity index (χ2n) is 6.95. The van der Waals surface area contributed by atoms with E-state index < -0.39 is 18.6 Å². The van der Waals surface area contributed by atoms with Gasteiger partial charge in [0, 0.05) is 31.6 Å². The van der Waals surface area contributed by atoms with Crippen molar-refractivity contribution in [3.8, 4) is 17.1 Å². The van der Waals surface area contributed by atoms with Crippen LogP contribution in [0.5, 0.6) is 5.75 Å². The van der Waals surface area contributed by atoms with Gasteiger partial charge in [0.2, 0.25) is 0 Å². The van der Waals surface area contributed by atoms with Crippen LogP contribution < -0.4 is 15.0 Å². The third-order valence-corrected chi connectivity index (χ3v) is 5.02. The molecule has 1 N–H and O–H groups in total. The van der Waals surface area contributed by atoms with Gasteiger partial charge in [-0.15, -0.1) is 0 Å². The van der Waals surface area contributed by atoms with Gasteiger partial charge in [-0.05, 0) is 19.1 Å². The number of carbonyl (C=O) groups is 1. The molecule has 8 nitrogen and oxygen atoms in total. The van der Waals surface area contributed by atoms with Crippen LogP contribution >= 0.6 is 0 Å². The highest BCUT2D eigenvalue weighted by Crippen LogP contribution is 2.36. The predicted octanol–water partition coefficient (Wildman–Crippen LogP) is 2.98. The Morgan fingerprint density at radius 1 is 1.38 bits per heavy atom. The van der Waals surface area contributed by atoms with Gasteiger partial charge < -0.3 is 24.1 Å². The fourth-order valence-electron chi connectivity index (χ4n) is 3.32. The van der Waals surface area contributed by atoms with E-state index in [2.05, 4.69) is 10.3 Å². The monoisotopic (exact) mass is 408 g/mol. The molecule has 4 rings (SSSR count). The van der Waals surface area contributed by atoms with Crippen LogP contribution in [0.25, 0.3) is 11.4 Å². The lowest BCUT2D eigenvalue weighted by molar-refractivity contribution is 0.104. The van der Waals surface area contributed by atoms with Crippen LogP contribution in [0.15, 0.2) is 24.4 Å². The molecule has 0 spiro atoms. The van der Waals surface area contributed by atoms with Crippen LogP contribution in [-0.4, -0.2) is 61.1 Å². The van der Waals surface area contributed by atoms with E-state index in [9.17, 15) is 13.6 Å². The molecule has 156 valence electrons. The second kappa shape index (κ2) is 7.86. The third kappa shape index (κ3) is 3.71. The zero-order valence-electron chi connectivity index (χ0n) is 16.1. The summed E-state index contributed by atoms with van der Waals surface area (Å²) < 4.78 is 44.3. The van der Waals surface area contributed by atoms with E-state index in [1.165, 1.54) is 0 Å². The maximum absolute atomic E-state index is 13.3. The molecule has 2 aromatic rings. The molecule has 29 heavy (non-hydrogen) atoms. The summed E-state index contributed by atoms with van der Waals surface area (Å²) in [7, 11) is 1.65. The lowest BCUT2D eigenvalue weighted by Gasteiger charge is -2.17. The SMILES string of the molecule is COC(C)CNc1ccc2c(c1)OCCn1cc(N3C(=O)OCC3C(F)F)nc1-2. The Morgan fingerprint density at radius 2 is 2.21 bits per heavy atom. The summed E-state index contributed by atoms with van der Waals surface area (Å²) >= 11 is 0. The van der Waals surface area contributed by atoms with Crippen LogP contribution in [0.1, 0.15) is 6.92 Å². The molecule has 1 saturated heterocycles. The van der Waals surface area contributed by atoms with Gasteiger partial charge in [0.15, 0.2) is 5.82 Å². The molecule has 1 fully saturated rings. The highest BCUT2D eigenvalue weighted by molar-refractivity contribution is 5.89. The number of rotatable bonds is 6. The Kier molecular flexibility index (Phi) is 5.27. The van der Waals surface area contributed by atoms with Crippen molar-refractivity contribution in [3.05, 3.63) is 24.4 Å². The summed E-state index contributed by atoms with van der Waals surface area (Å²) in [6.45, 7) is 3.11. The number of halogens is 2.